The van der Waals surface area contributed by atoms with E-state index in [9.17, 15) is 8.42 Å². The minimum Gasteiger partial charge on any atom is -0.496 e. The van der Waals surface area contributed by atoms with Crippen LogP contribution < -0.4 is 14.4 Å². The molecule has 0 spiro atoms. The topological polar surface area (TPSA) is 67.9 Å². The fourth-order valence-corrected chi connectivity index (χ4v) is 4.77. The Morgan fingerprint density at radius 2 is 1.79 bits per heavy atom. The van der Waals surface area contributed by atoms with Crippen molar-refractivity contribution in [2.45, 2.75) is 38.1 Å². The predicted octanol–water partition coefficient (Wildman–Crippen LogP) is 3.44. The van der Waals surface area contributed by atoms with Crippen molar-refractivity contribution < 1.29 is 17.9 Å². The molecule has 0 bridgehead atoms. The Morgan fingerprint density at radius 1 is 1.14 bits per heavy atom. The number of sulfonamides is 1. The average molecular weight is 419 g/mol. The van der Waals surface area contributed by atoms with Gasteiger partial charge in [-0.3, -0.25) is 0 Å². The van der Waals surface area contributed by atoms with Crippen LogP contribution in [0.25, 0.3) is 0 Å². The Morgan fingerprint density at radius 3 is 2.38 bits per heavy atom. The molecule has 29 heavy (non-hydrogen) atoms. The lowest BCUT2D eigenvalue weighted by Gasteiger charge is -2.28. The molecule has 158 valence electrons. The van der Waals surface area contributed by atoms with Crippen LogP contribution in [0.4, 0.5) is 5.69 Å². The van der Waals surface area contributed by atoms with E-state index in [0.717, 1.165) is 48.9 Å². The molecule has 2 aromatic carbocycles. The monoisotopic (exact) mass is 418 g/mol. The molecule has 3 rings (SSSR count). The van der Waals surface area contributed by atoms with Gasteiger partial charge in [-0.05, 0) is 53.8 Å². The first-order valence-electron chi connectivity index (χ1n) is 9.91. The second kappa shape index (κ2) is 9.15. The quantitative estimate of drug-likeness (QED) is 0.746. The van der Waals surface area contributed by atoms with E-state index in [2.05, 4.69) is 9.62 Å². The molecule has 1 fully saturated rings. The van der Waals surface area contributed by atoms with Gasteiger partial charge in [0.25, 0.3) is 0 Å². The summed E-state index contributed by atoms with van der Waals surface area (Å²) in [5.41, 5.74) is 3.60. The molecule has 0 aliphatic carbocycles. The minimum atomic E-state index is -3.63. The molecule has 0 atom stereocenters. The first-order valence-corrected chi connectivity index (χ1v) is 11.4. The molecule has 0 amide bonds. The van der Waals surface area contributed by atoms with Crippen LogP contribution in [-0.2, 0) is 21.3 Å². The van der Waals surface area contributed by atoms with Gasteiger partial charge in [-0.15, -0.1) is 0 Å². The highest BCUT2D eigenvalue weighted by Gasteiger charge is 2.21. The van der Waals surface area contributed by atoms with Crippen LogP contribution in [-0.4, -0.2) is 41.8 Å². The van der Waals surface area contributed by atoms with E-state index >= 15 is 0 Å². The molecule has 1 heterocycles. The zero-order chi connectivity index (χ0) is 21.0. The summed E-state index contributed by atoms with van der Waals surface area (Å²) in [6, 6.07) is 11.5. The van der Waals surface area contributed by atoms with Crippen molar-refractivity contribution in [3.05, 3.63) is 53.1 Å². The van der Waals surface area contributed by atoms with Crippen molar-refractivity contribution >= 4 is 15.7 Å². The van der Waals surface area contributed by atoms with Crippen LogP contribution in [0.3, 0.4) is 0 Å². The predicted molar refractivity (Wildman–Crippen MR) is 115 cm³/mol. The van der Waals surface area contributed by atoms with Gasteiger partial charge in [0, 0.05) is 25.3 Å². The van der Waals surface area contributed by atoms with Gasteiger partial charge in [-0.25, -0.2) is 13.1 Å². The van der Waals surface area contributed by atoms with Gasteiger partial charge in [0.1, 0.15) is 5.75 Å². The van der Waals surface area contributed by atoms with E-state index in [1.165, 1.54) is 0 Å². The Labute approximate surface area is 173 Å². The van der Waals surface area contributed by atoms with Crippen LogP contribution in [0.1, 0.15) is 36.5 Å². The van der Waals surface area contributed by atoms with Gasteiger partial charge in [-0.1, -0.05) is 26.0 Å². The molecule has 0 saturated carbocycles. The third-order valence-electron chi connectivity index (χ3n) is 5.22. The summed E-state index contributed by atoms with van der Waals surface area (Å²) in [7, 11) is -2.03. The number of ether oxygens (including phenoxy) is 2. The molecule has 6 nitrogen and oxygen atoms in total. The van der Waals surface area contributed by atoms with E-state index in [1.807, 2.05) is 38.1 Å². The number of methoxy groups -OCH3 is 1. The highest BCUT2D eigenvalue weighted by Crippen LogP contribution is 2.31. The third kappa shape index (κ3) is 5.10. The minimum absolute atomic E-state index is 0.159. The number of nitrogens with one attached hydrogen (secondary N) is 1. The van der Waals surface area contributed by atoms with Crippen molar-refractivity contribution in [2.24, 2.45) is 0 Å². The lowest BCUT2D eigenvalue weighted by molar-refractivity contribution is 0.122. The van der Waals surface area contributed by atoms with Crippen LogP contribution in [0.2, 0.25) is 0 Å². The summed E-state index contributed by atoms with van der Waals surface area (Å²) >= 11 is 0. The van der Waals surface area contributed by atoms with Gasteiger partial charge in [-0.2, -0.15) is 0 Å². The van der Waals surface area contributed by atoms with Crippen molar-refractivity contribution in [1.82, 2.24) is 4.72 Å². The number of nitrogens with zero attached hydrogens (tertiary/aromatic N) is 1. The van der Waals surface area contributed by atoms with Gasteiger partial charge < -0.3 is 14.4 Å². The van der Waals surface area contributed by atoms with E-state index in [0.29, 0.717) is 10.5 Å². The second-order valence-corrected chi connectivity index (χ2v) is 9.34. The number of aryl methyl sites for hydroxylation is 1. The maximum atomic E-state index is 12.9. The molecule has 0 unspecified atom stereocenters. The Balaban J connectivity index is 1.73. The zero-order valence-electron chi connectivity index (χ0n) is 17.6. The molecule has 1 saturated heterocycles. The van der Waals surface area contributed by atoms with Gasteiger partial charge in [0.2, 0.25) is 10.0 Å². The standard InChI is InChI=1S/C22H30N2O4S/c1-16(2)20-14-22(17(3)13-21(20)27-4)29(25,26)23-15-18-5-7-19(8-6-18)24-9-11-28-12-10-24/h5-8,13-14,16,23H,9-12,15H2,1-4H3. The van der Waals surface area contributed by atoms with Crippen LogP contribution >= 0.6 is 0 Å². The normalized spacial score (nSPS) is 15.0. The van der Waals surface area contributed by atoms with E-state index in [4.69, 9.17) is 9.47 Å². The number of benzene rings is 2. The lowest BCUT2D eigenvalue weighted by atomic mass is 10.0. The molecule has 1 aliphatic rings. The molecule has 0 aromatic heterocycles. The molecule has 1 N–H and O–H groups in total. The number of hydrogen-bond donors (Lipinski definition) is 1. The van der Waals surface area contributed by atoms with Gasteiger partial charge in [0.05, 0.1) is 25.2 Å². The summed E-state index contributed by atoms with van der Waals surface area (Å²) < 4.78 is 39.4. The van der Waals surface area contributed by atoms with Crippen LogP contribution in [0, 0.1) is 6.92 Å². The maximum Gasteiger partial charge on any atom is 0.241 e. The SMILES string of the molecule is COc1cc(C)c(S(=O)(=O)NCc2ccc(N3CCOCC3)cc2)cc1C(C)C. The lowest BCUT2D eigenvalue weighted by Crippen LogP contribution is -2.36. The number of rotatable bonds is 7. The van der Waals surface area contributed by atoms with Crippen molar-refractivity contribution in [3.63, 3.8) is 0 Å². The molecular formula is C22H30N2O4S. The summed E-state index contributed by atoms with van der Waals surface area (Å²) in [5.74, 6) is 0.877. The summed E-state index contributed by atoms with van der Waals surface area (Å²) in [4.78, 5) is 2.57. The molecular weight excluding hydrogens is 388 g/mol. The number of anilines is 1. The fraction of sp³-hybridized carbons (Fsp3) is 0.455. The Hall–Kier alpha value is -2.09. The van der Waals surface area contributed by atoms with Crippen LogP contribution in [0.15, 0.2) is 41.3 Å². The zero-order valence-corrected chi connectivity index (χ0v) is 18.4. The summed E-state index contributed by atoms with van der Waals surface area (Å²) in [6.45, 7) is 9.30. The Bertz CT molecular complexity index is 934. The van der Waals surface area contributed by atoms with Gasteiger partial charge in [0.15, 0.2) is 0 Å². The smallest absolute Gasteiger partial charge is 0.241 e. The number of morpholine rings is 1. The Kier molecular flexibility index (Phi) is 6.82. The highest BCUT2D eigenvalue weighted by molar-refractivity contribution is 7.89. The van der Waals surface area contributed by atoms with Crippen LogP contribution in [0.5, 0.6) is 5.75 Å². The van der Waals surface area contributed by atoms with Crippen molar-refractivity contribution in [3.8, 4) is 5.75 Å². The second-order valence-electron chi connectivity index (χ2n) is 7.60. The molecule has 1 aliphatic heterocycles. The maximum absolute atomic E-state index is 12.9. The van der Waals surface area contributed by atoms with E-state index < -0.39 is 10.0 Å². The molecule has 0 radical (unpaired) electrons. The largest absolute Gasteiger partial charge is 0.496 e. The van der Waals surface area contributed by atoms with Crippen molar-refractivity contribution in [2.75, 3.05) is 38.3 Å². The van der Waals surface area contributed by atoms with Crippen molar-refractivity contribution in [1.29, 1.82) is 0 Å². The first-order chi connectivity index (χ1) is 13.8. The first kappa shape index (κ1) is 21.6. The molecule has 2 aromatic rings. The van der Waals surface area contributed by atoms with Gasteiger partial charge >= 0.3 is 0 Å². The summed E-state index contributed by atoms with van der Waals surface area (Å²) in [6.07, 6.45) is 0. The number of hydrogen-bond acceptors (Lipinski definition) is 5. The van der Waals surface area contributed by atoms with E-state index in [-0.39, 0.29) is 12.5 Å². The van der Waals surface area contributed by atoms with E-state index in [1.54, 1.807) is 26.2 Å². The molecule has 7 heteroatoms. The average Bonchev–Trinajstić information content (AvgIpc) is 2.72. The fourth-order valence-electron chi connectivity index (χ4n) is 3.50. The summed E-state index contributed by atoms with van der Waals surface area (Å²) in [5, 5.41) is 0. The highest BCUT2D eigenvalue weighted by atomic mass is 32.2. The third-order valence-corrected chi connectivity index (χ3v) is 6.76.